The summed E-state index contributed by atoms with van der Waals surface area (Å²) in [6.07, 6.45) is 5.04. The SMILES string of the molecule is Nc1nc(N)n(N2CCC(N3CCCC3)CC2)n1. The Hall–Kier alpha value is -1.50. The molecule has 0 atom stereocenters. The van der Waals surface area contributed by atoms with Crippen LogP contribution < -0.4 is 16.5 Å². The van der Waals surface area contributed by atoms with E-state index < -0.39 is 0 Å². The summed E-state index contributed by atoms with van der Waals surface area (Å²) in [4.78, 5) is 8.21. The summed E-state index contributed by atoms with van der Waals surface area (Å²) in [5, 5.41) is 6.26. The number of nitrogen functional groups attached to an aromatic ring is 2. The van der Waals surface area contributed by atoms with Gasteiger partial charge in [0.1, 0.15) is 0 Å². The van der Waals surface area contributed by atoms with Crippen LogP contribution in [0, 0.1) is 0 Å². The Morgan fingerprint density at radius 3 is 2.22 bits per heavy atom. The van der Waals surface area contributed by atoms with Crippen LogP contribution >= 0.6 is 0 Å². The largest absolute Gasteiger partial charge is 0.366 e. The zero-order chi connectivity index (χ0) is 12.5. The van der Waals surface area contributed by atoms with E-state index in [1.54, 1.807) is 4.79 Å². The fourth-order valence-corrected chi connectivity index (χ4v) is 3.05. The van der Waals surface area contributed by atoms with Gasteiger partial charge >= 0.3 is 0 Å². The molecule has 1 aromatic heterocycles. The van der Waals surface area contributed by atoms with Crippen LogP contribution in [0.25, 0.3) is 0 Å². The van der Waals surface area contributed by atoms with Crippen molar-refractivity contribution < 1.29 is 0 Å². The lowest BCUT2D eigenvalue weighted by Gasteiger charge is -2.37. The molecule has 0 spiro atoms. The lowest BCUT2D eigenvalue weighted by atomic mass is 10.1. The maximum Gasteiger partial charge on any atom is 0.243 e. The molecule has 18 heavy (non-hydrogen) atoms. The molecule has 1 aromatic rings. The highest BCUT2D eigenvalue weighted by Crippen LogP contribution is 2.21. The second-order valence-corrected chi connectivity index (χ2v) is 5.15. The van der Waals surface area contributed by atoms with E-state index in [4.69, 9.17) is 11.5 Å². The Kier molecular flexibility index (Phi) is 2.99. The molecule has 4 N–H and O–H groups in total. The molecule has 3 rings (SSSR count). The summed E-state index contributed by atoms with van der Waals surface area (Å²) in [6, 6.07) is 0.728. The molecule has 7 nitrogen and oxygen atoms in total. The fourth-order valence-electron chi connectivity index (χ4n) is 3.05. The molecule has 2 aliphatic heterocycles. The molecule has 100 valence electrons. The van der Waals surface area contributed by atoms with Gasteiger partial charge in [-0.2, -0.15) is 4.98 Å². The molecular formula is C11H21N7. The molecule has 2 aliphatic rings. The molecule has 2 saturated heterocycles. The Labute approximate surface area is 107 Å². The standard InChI is InChI=1S/C11H21N7/c12-10-14-11(13)18(15-10)17-7-3-9(4-8-17)16-5-1-2-6-16/h9H,1-8H2,(H4,12,13,14,15). The van der Waals surface area contributed by atoms with Gasteiger partial charge < -0.3 is 16.4 Å². The summed E-state index contributed by atoms with van der Waals surface area (Å²) < 4.78 is 0. The number of anilines is 2. The van der Waals surface area contributed by atoms with Gasteiger partial charge in [-0.05, 0) is 38.8 Å². The van der Waals surface area contributed by atoms with Crippen molar-refractivity contribution in [2.24, 2.45) is 0 Å². The van der Waals surface area contributed by atoms with Crippen LogP contribution in [0.3, 0.4) is 0 Å². The third-order valence-corrected chi connectivity index (χ3v) is 4.00. The van der Waals surface area contributed by atoms with Crippen LogP contribution in [0.1, 0.15) is 25.7 Å². The molecule has 3 heterocycles. The van der Waals surface area contributed by atoms with E-state index in [0.29, 0.717) is 5.95 Å². The zero-order valence-electron chi connectivity index (χ0n) is 10.6. The molecule has 7 heteroatoms. The van der Waals surface area contributed by atoms with Crippen LogP contribution in [-0.4, -0.2) is 52.0 Å². The Morgan fingerprint density at radius 1 is 1.00 bits per heavy atom. The van der Waals surface area contributed by atoms with E-state index in [1.165, 1.54) is 38.8 Å². The summed E-state index contributed by atoms with van der Waals surface area (Å²) in [7, 11) is 0. The van der Waals surface area contributed by atoms with Crippen molar-refractivity contribution >= 4 is 11.9 Å². The Balaban J connectivity index is 1.61. The number of piperidine rings is 1. The Bertz CT molecular complexity index is 402. The summed E-state index contributed by atoms with van der Waals surface area (Å²) in [6.45, 7) is 4.47. The van der Waals surface area contributed by atoms with E-state index in [0.717, 1.165) is 19.1 Å². The van der Waals surface area contributed by atoms with Crippen molar-refractivity contribution in [1.82, 2.24) is 19.8 Å². The minimum Gasteiger partial charge on any atom is -0.366 e. The van der Waals surface area contributed by atoms with Gasteiger partial charge in [0.25, 0.3) is 0 Å². The first kappa shape index (κ1) is 11.6. The maximum absolute atomic E-state index is 5.79. The predicted molar refractivity (Wildman–Crippen MR) is 70.6 cm³/mol. The number of nitrogens with zero attached hydrogens (tertiary/aromatic N) is 5. The molecule has 0 aliphatic carbocycles. The van der Waals surface area contributed by atoms with Crippen LogP contribution in [0.4, 0.5) is 11.9 Å². The minimum absolute atomic E-state index is 0.245. The number of rotatable bonds is 2. The molecular weight excluding hydrogens is 230 g/mol. The average Bonchev–Trinajstić information content (AvgIpc) is 2.99. The van der Waals surface area contributed by atoms with Crippen LogP contribution in [0.2, 0.25) is 0 Å². The summed E-state index contributed by atoms with van der Waals surface area (Å²) >= 11 is 0. The lowest BCUT2D eigenvalue weighted by Crippen LogP contribution is -2.48. The van der Waals surface area contributed by atoms with Gasteiger partial charge in [-0.25, -0.2) is 0 Å². The monoisotopic (exact) mass is 251 g/mol. The Morgan fingerprint density at radius 2 is 1.67 bits per heavy atom. The van der Waals surface area contributed by atoms with E-state index in [9.17, 15) is 0 Å². The molecule has 2 fully saturated rings. The van der Waals surface area contributed by atoms with E-state index >= 15 is 0 Å². The summed E-state index contributed by atoms with van der Waals surface area (Å²) in [5.41, 5.74) is 11.3. The quantitative estimate of drug-likeness (QED) is 0.746. The highest BCUT2D eigenvalue weighted by molar-refractivity contribution is 5.28. The zero-order valence-corrected chi connectivity index (χ0v) is 10.6. The molecule has 0 radical (unpaired) electrons. The number of aromatic nitrogens is 3. The van der Waals surface area contributed by atoms with Crippen molar-refractivity contribution in [2.75, 3.05) is 42.7 Å². The molecule has 0 bridgehead atoms. The smallest absolute Gasteiger partial charge is 0.243 e. The number of hydrogen-bond donors (Lipinski definition) is 2. The first-order valence-corrected chi connectivity index (χ1v) is 6.71. The van der Waals surface area contributed by atoms with Crippen LogP contribution in [0.15, 0.2) is 0 Å². The minimum atomic E-state index is 0.245. The molecule has 0 amide bonds. The first-order chi connectivity index (χ1) is 8.74. The number of nitrogens with two attached hydrogens (primary N) is 2. The van der Waals surface area contributed by atoms with Crippen molar-refractivity contribution in [2.45, 2.75) is 31.7 Å². The first-order valence-electron chi connectivity index (χ1n) is 6.71. The topological polar surface area (TPSA) is 89.2 Å². The predicted octanol–water partition coefficient (Wildman–Crippen LogP) is -0.361. The van der Waals surface area contributed by atoms with E-state index in [1.807, 2.05) is 0 Å². The number of likely N-dealkylation sites (tertiary alicyclic amines) is 1. The average molecular weight is 251 g/mol. The van der Waals surface area contributed by atoms with Crippen molar-refractivity contribution in [3.63, 3.8) is 0 Å². The van der Waals surface area contributed by atoms with Gasteiger partial charge in [-0.15, -0.1) is 9.89 Å². The highest BCUT2D eigenvalue weighted by atomic mass is 15.7. The molecule has 0 unspecified atom stereocenters. The van der Waals surface area contributed by atoms with Crippen molar-refractivity contribution in [3.8, 4) is 0 Å². The normalized spacial score (nSPS) is 22.8. The van der Waals surface area contributed by atoms with Gasteiger partial charge in [-0.3, -0.25) is 5.01 Å². The molecule has 0 aromatic carbocycles. The fraction of sp³-hybridized carbons (Fsp3) is 0.818. The number of hydrogen-bond acceptors (Lipinski definition) is 6. The summed E-state index contributed by atoms with van der Waals surface area (Å²) in [5.74, 6) is 0.626. The third-order valence-electron chi connectivity index (χ3n) is 4.00. The van der Waals surface area contributed by atoms with Gasteiger partial charge in [-0.1, -0.05) is 0 Å². The van der Waals surface area contributed by atoms with Crippen LogP contribution in [-0.2, 0) is 0 Å². The van der Waals surface area contributed by atoms with Crippen LogP contribution in [0.5, 0.6) is 0 Å². The van der Waals surface area contributed by atoms with Crippen molar-refractivity contribution in [3.05, 3.63) is 0 Å². The second kappa shape index (κ2) is 4.64. The highest BCUT2D eigenvalue weighted by Gasteiger charge is 2.27. The van der Waals surface area contributed by atoms with Gasteiger partial charge in [0, 0.05) is 19.1 Å². The van der Waals surface area contributed by atoms with Gasteiger partial charge in [0.2, 0.25) is 11.9 Å². The van der Waals surface area contributed by atoms with Crippen molar-refractivity contribution in [1.29, 1.82) is 0 Å². The second-order valence-electron chi connectivity index (χ2n) is 5.15. The molecule has 0 saturated carbocycles. The van der Waals surface area contributed by atoms with E-state index in [2.05, 4.69) is 20.0 Å². The third kappa shape index (κ3) is 2.10. The van der Waals surface area contributed by atoms with Gasteiger partial charge in [0.05, 0.1) is 0 Å². The van der Waals surface area contributed by atoms with Gasteiger partial charge in [0.15, 0.2) is 0 Å². The lowest BCUT2D eigenvalue weighted by molar-refractivity contribution is 0.197. The maximum atomic E-state index is 5.79. The van der Waals surface area contributed by atoms with E-state index in [-0.39, 0.29) is 5.95 Å².